The van der Waals surface area contributed by atoms with Crippen molar-refractivity contribution in [2.45, 2.75) is 31.6 Å². The van der Waals surface area contributed by atoms with Gasteiger partial charge in [0.15, 0.2) is 0 Å². The standard InChI is InChI=1S/C18H19N/c1-2-8-15(14(7-1)13-5-3-6-13)16-9-4-10-18-17(16)11-12-19-18/h1-2,4,7-10,13,19H,3,5-6,11-12H2. The molecule has 0 aromatic heterocycles. The third-order valence-corrected chi connectivity index (χ3v) is 4.66. The fourth-order valence-corrected chi connectivity index (χ4v) is 3.41. The van der Waals surface area contributed by atoms with Crippen molar-refractivity contribution < 1.29 is 0 Å². The van der Waals surface area contributed by atoms with Gasteiger partial charge in [0.1, 0.15) is 0 Å². The van der Waals surface area contributed by atoms with Gasteiger partial charge in [0, 0.05) is 12.2 Å². The fourth-order valence-electron chi connectivity index (χ4n) is 3.41. The zero-order valence-electron chi connectivity index (χ0n) is 11.2. The van der Waals surface area contributed by atoms with Crippen molar-refractivity contribution in [2.75, 3.05) is 11.9 Å². The normalized spacial score (nSPS) is 17.7. The molecule has 0 radical (unpaired) electrons. The van der Waals surface area contributed by atoms with Gasteiger partial charge >= 0.3 is 0 Å². The summed E-state index contributed by atoms with van der Waals surface area (Å²) in [7, 11) is 0. The van der Waals surface area contributed by atoms with Crippen LogP contribution >= 0.6 is 0 Å². The Morgan fingerprint density at radius 3 is 2.58 bits per heavy atom. The lowest BCUT2D eigenvalue weighted by molar-refractivity contribution is 0.420. The van der Waals surface area contributed by atoms with Gasteiger partial charge in [0.2, 0.25) is 0 Å². The van der Waals surface area contributed by atoms with E-state index in [1.165, 1.54) is 41.6 Å². The zero-order valence-corrected chi connectivity index (χ0v) is 11.2. The van der Waals surface area contributed by atoms with Crippen LogP contribution in [-0.4, -0.2) is 6.54 Å². The summed E-state index contributed by atoms with van der Waals surface area (Å²) in [4.78, 5) is 0. The van der Waals surface area contributed by atoms with Crippen molar-refractivity contribution in [2.24, 2.45) is 0 Å². The third kappa shape index (κ3) is 1.76. The Morgan fingerprint density at radius 2 is 1.74 bits per heavy atom. The van der Waals surface area contributed by atoms with Gasteiger partial charge in [-0.2, -0.15) is 0 Å². The molecule has 1 heterocycles. The molecule has 1 fully saturated rings. The molecule has 2 aliphatic rings. The van der Waals surface area contributed by atoms with Gasteiger partial charge in [-0.25, -0.2) is 0 Å². The lowest BCUT2D eigenvalue weighted by Gasteiger charge is -2.28. The highest BCUT2D eigenvalue weighted by Crippen LogP contribution is 2.43. The molecule has 1 nitrogen and oxygen atoms in total. The summed E-state index contributed by atoms with van der Waals surface area (Å²) in [6.07, 6.45) is 5.28. The Morgan fingerprint density at radius 1 is 0.895 bits per heavy atom. The van der Waals surface area contributed by atoms with Crippen LogP contribution in [-0.2, 0) is 6.42 Å². The first kappa shape index (κ1) is 11.1. The monoisotopic (exact) mass is 249 g/mol. The predicted molar refractivity (Wildman–Crippen MR) is 80.7 cm³/mol. The molecule has 4 rings (SSSR count). The van der Waals surface area contributed by atoms with E-state index >= 15 is 0 Å². The fraction of sp³-hybridized carbons (Fsp3) is 0.333. The van der Waals surface area contributed by atoms with Gasteiger partial charge in [-0.1, -0.05) is 42.8 Å². The molecule has 0 atom stereocenters. The molecule has 0 spiro atoms. The van der Waals surface area contributed by atoms with Crippen molar-refractivity contribution in [3.63, 3.8) is 0 Å². The Balaban J connectivity index is 1.87. The smallest absolute Gasteiger partial charge is 0.0379 e. The van der Waals surface area contributed by atoms with Gasteiger partial charge in [0.25, 0.3) is 0 Å². The van der Waals surface area contributed by atoms with Crippen molar-refractivity contribution in [3.05, 3.63) is 53.6 Å². The minimum atomic E-state index is 0.793. The van der Waals surface area contributed by atoms with E-state index < -0.39 is 0 Å². The highest BCUT2D eigenvalue weighted by molar-refractivity contribution is 5.78. The van der Waals surface area contributed by atoms with E-state index in [4.69, 9.17) is 0 Å². The zero-order chi connectivity index (χ0) is 12.7. The van der Waals surface area contributed by atoms with Crippen LogP contribution in [0.1, 0.15) is 36.3 Å². The summed E-state index contributed by atoms with van der Waals surface area (Å²) in [5.41, 5.74) is 7.32. The van der Waals surface area contributed by atoms with Crippen LogP contribution < -0.4 is 5.32 Å². The maximum absolute atomic E-state index is 3.49. The molecule has 96 valence electrons. The van der Waals surface area contributed by atoms with Gasteiger partial charge in [-0.15, -0.1) is 0 Å². The van der Waals surface area contributed by atoms with E-state index in [1.54, 1.807) is 5.56 Å². The molecule has 19 heavy (non-hydrogen) atoms. The molecule has 1 aliphatic carbocycles. The van der Waals surface area contributed by atoms with E-state index in [-0.39, 0.29) is 0 Å². The predicted octanol–water partition coefficient (Wildman–Crippen LogP) is 4.59. The minimum absolute atomic E-state index is 0.793. The number of hydrogen-bond acceptors (Lipinski definition) is 1. The SMILES string of the molecule is c1ccc(C2CCC2)c(-c2cccc3c2CCN3)c1. The van der Waals surface area contributed by atoms with Crippen LogP contribution in [0.2, 0.25) is 0 Å². The average Bonchev–Trinajstić information content (AvgIpc) is 2.85. The highest BCUT2D eigenvalue weighted by Gasteiger charge is 2.24. The third-order valence-electron chi connectivity index (χ3n) is 4.66. The molecule has 0 saturated heterocycles. The van der Waals surface area contributed by atoms with E-state index in [0.29, 0.717) is 0 Å². The number of fused-ring (bicyclic) bond motifs is 1. The van der Waals surface area contributed by atoms with E-state index in [2.05, 4.69) is 47.8 Å². The molecule has 0 amide bonds. The second-order valence-electron chi connectivity index (χ2n) is 5.72. The summed E-state index contributed by atoms with van der Waals surface area (Å²) < 4.78 is 0. The quantitative estimate of drug-likeness (QED) is 0.821. The van der Waals surface area contributed by atoms with Crippen molar-refractivity contribution in [1.82, 2.24) is 0 Å². The lowest BCUT2D eigenvalue weighted by atomic mass is 9.76. The summed E-state index contributed by atoms with van der Waals surface area (Å²) in [6.45, 7) is 1.08. The van der Waals surface area contributed by atoms with E-state index in [9.17, 15) is 0 Å². The van der Waals surface area contributed by atoms with Crippen LogP contribution in [0, 0.1) is 0 Å². The Labute approximate surface area is 114 Å². The van der Waals surface area contributed by atoms with Gasteiger partial charge in [-0.3, -0.25) is 0 Å². The maximum atomic E-state index is 3.49. The topological polar surface area (TPSA) is 12.0 Å². The minimum Gasteiger partial charge on any atom is -0.384 e. The second-order valence-corrected chi connectivity index (χ2v) is 5.72. The first-order chi connectivity index (χ1) is 9.43. The first-order valence-corrected chi connectivity index (χ1v) is 7.38. The molecular formula is C18H19N. The van der Waals surface area contributed by atoms with E-state index in [0.717, 1.165) is 18.9 Å². The van der Waals surface area contributed by atoms with Crippen LogP contribution in [0.4, 0.5) is 5.69 Å². The van der Waals surface area contributed by atoms with Crippen LogP contribution in [0.3, 0.4) is 0 Å². The van der Waals surface area contributed by atoms with Crippen LogP contribution in [0.15, 0.2) is 42.5 Å². The number of benzene rings is 2. The Kier molecular flexibility index (Phi) is 2.58. The molecule has 1 N–H and O–H groups in total. The molecule has 1 heteroatoms. The number of rotatable bonds is 2. The molecule has 1 aliphatic heterocycles. The molecule has 1 saturated carbocycles. The number of nitrogens with one attached hydrogen (secondary N) is 1. The molecular weight excluding hydrogens is 230 g/mol. The van der Waals surface area contributed by atoms with Gasteiger partial charge in [-0.05, 0) is 53.5 Å². The summed E-state index contributed by atoms with van der Waals surface area (Å²) in [6, 6.07) is 15.7. The average molecular weight is 249 g/mol. The Hall–Kier alpha value is -1.76. The van der Waals surface area contributed by atoms with Crippen molar-refractivity contribution in [3.8, 4) is 11.1 Å². The van der Waals surface area contributed by atoms with Crippen molar-refractivity contribution in [1.29, 1.82) is 0 Å². The molecule has 2 aromatic carbocycles. The maximum Gasteiger partial charge on any atom is 0.0379 e. The number of anilines is 1. The van der Waals surface area contributed by atoms with Gasteiger partial charge < -0.3 is 5.32 Å². The van der Waals surface area contributed by atoms with Crippen LogP contribution in [0.5, 0.6) is 0 Å². The molecule has 2 aromatic rings. The molecule has 0 bridgehead atoms. The first-order valence-electron chi connectivity index (χ1n) is 7.38. The van der Waals surface area contributed by atoms with Crippen molar-refractivity contribution >= 4 is 5.69 Å². The largest absolute Gasteiger partial charge is 0.384 e. The van der Waals surface area contributed by atoms with Gasteiger partial charge in [0.05, 0.1) is 0 Å². The highest BCUT2D eigenvalue weighted by atomic mass is 14.9. The van der Waals surface area contributed by atoms with Crippen LogP contribution in [0.25, 0.3) is 11.1 Å². The summed E-state index contributed by atoms with van der Waals surface area (Å²) >= 11 is 0. The summed E-state index contributed by atoms with van der Waals surface area (Å²) in [5, 5.41) is 3.49. The Bertz CT molecular complexity index is 611. The summed E-state index contributed by atoms with van der Waals surface area (Å²) in [5.74, 6) is 0.793. The molecule has 0 unspecified atom stereocenters. The van der Waals surface area contributed by atoms with E-state index in [1.807, 2.05) is 0 Å². The number of hydrogen-bond donors (Lipinski definition) is 1. The lowest BCUT2D eigenvalue weighted by Crippen LogP contribution is -2.10. The second kappa shape index (κ2) is 4.41.